The van der Waals surface area contributed by atoms with Crippen LogP contribution in [0.15, 0.2) is 34.9 Å². The molecule has 21 heavy (non-hydrogen) atoms. The van der Waals surface area contributed by atoms with Crippen molar-refractivity contribution in [3.63, 3.8) is 0 Å². The second-order valence-corrected chi connectivity index (χ2v) is 6.16. The summed E-state index contributed by atoms with van der Waals surface area (Å²) in [5.41, 5.74) is 2.45. The number of hydrogen-bond acceptors (Lipinski definition) is 3. The molecular formula is C16H22BrN3O. The normalized spacial score (nSPS) is 12.7. The van der Waals surface area contributed by atoms with Gasteiger partial charge in [0.15, 0.2) is 0 Å². The molecule has 114 valence electrons. The summed E-state index contributed by atoms with van der Waals surface area (Å²) in [6.07, 6.45) is 2.77. The second-order valence-electron chi connectivity index (χ2n) is 5.31. The lowest BCUT2D eigenvalue weighted by atomic mass is 10.0. The number of hydrogen-bond donors (Lipinski definition) is 1. The molecule has 1 atom stereocenters. The summed E-state index contributed by atoms with van der Waals surface area (Å²) in [5, 5.41) is 7.86. The van der Waals surface area contributed by atoms with Crippen molar-refractivity contribution in [2.75, 3.05) is 14.2 Å². The number of aromatic nitrogens is 2. The molecule has 0 aliphatic carbocycles. The molecule has 1 heterocycles. The number of rotatable bonds is 6. The molecule has 4 nitrogen and oxygen atoms in total. The van der Waals surface area contributed by atoms with Crippen molar-refractivity contribution in [1.29, 1.82) is 0 Å². The largest absolute Gasteiger partial charge is 0.497 e. The molecule has 1 N–H and O–H groups in total. The second kappa shape index (κ2) is 7.09. The average Bonchev–Trinajstić information content (AvgIpc) is 2.87. The zero-order chi connectivity index (χ0) is 15.4. The van der Waals surface area contributed by atoms with Crippen LogP contribution in [0, 0.1) is 0 Å². The Morgan fingerprint density at radius 1 is 1.29 bits per heavy atom. The first kappa shape index (κ1) is 16.0. The van der Waals surface area contributed by atoms with E-state index in [0.717, 1.165) is 16.6 Å². The SMILES string of the molecule is CNC(Cc1ccc(OC)cc1)c1c(Br)cnn1C(C)C. The minimum Gasteiger partial charge on any atom is -0.497 e. The van der Waals surface area contributed by atoms with E-state index in [2.05, 4.69) is 57.0 Å². The summed E-state index contributed by atoms with van der Waals surface area (Å²) < 4.78 is 8.31. The van der Waals surface area contributed by atoms with Gasteiger partial charge in [0.2, 0.25) is 0 Å². The maximum Gasteiger partial charge on any atom is 0.118 e. The third-order valence-electron chi connectivity index (χ3n) is 3.55. The first-order valence-electron chi connectivity index (χ1n) is 7.10. The van der Waals surface area contributed by atoms with Gasteiger partial charge < -0.3 is 10.1 Å². The average molecular weight is 352 g/mol. The minimum absolute atomic E-state index is 0.206. The van der Waals surface area contributed by atoms with E-state index in [9.17, 15) is 0 Å². The molecule has 2 rings (SSSR count). The molecular weight excluding hydrogens is 330 g/mol. The van der Waals surface area contributed by atoms with Crippen LogP contribution in [-0.2, 0) is 6.42 Å². The van der Waals surface area contributed by atoms with E-state index in [1.807, 2.05) is 25.4 Å². The Labute approximate surface area is 134 Å². The van der Waals surface area contributed by atoms with Gasteiger partial charge in [-0.2, -0.15) is 5.10 Å². The van der Waals surface area contributed by atoms with Crippen molar-refractivity contribution in [2.45, 2.75) is 32.4 Å². The van der Waals surface area contributed by atoms with E-state index < -0.39 is 0 Å². The van der Waals surface area contributed by atoms with Gasteiger partial charge in [-0.1, -0.05) is 12.1 Å². The van der Waals surface area contributed by atoms with Gasteiger partial charge in [-0.3, -0.25) is 4.68 Å². The summed E-state index contributed by atoms with van der Waals surface area (Å²) in [6.45, 7) is 4.28. The molecule has 0 amide bonds. The molecule has 0 saturated heterocycles. The third kappa shape index (κ3) is 3.66. The van der Waals surface area contributed by atoms with Crippen molar-refractivity contribution in [3.8, 4) is 5.75 Å². The number of ether oxygens (including phenoxy) is 1. The lowest BCUT2D eigenvalue weighted by Crippen LogP contribution is -2.23. The fourth-order valence-corrected chi connectivity index (χ4v) is 2.97. The van der Waals surface area contributed by atoms with Gasteiger partial charge in [0.25, 0.3) is 0 Å². The van der Waals surface area contributed by atoms with Gasteiger partial charge in [0.1, 0.15) is 5.75 Å². The Hall–Kier alpha value is -1.33. The summed E-state index contributed by atoms with van der Waals surface area (Å²) in [7, 11) is 3.67. The highest BCUT2D eigenvalue weighted by Crippen LogP contribution is 2.28. The molecule has 0 saturated carbocycles. The Morgan fingerprint density at radius 3 is 2.48 bits per heavy atom. The van der Waals surface area contributed by atoms with E-state index in [1.54, 1.807) is 7.11 Å². The molecule has 1 aromatic heterocycles. The van der Waals surface area contributed by atoms with Crippen LogP contribution in [0.5, 0.6) is 5.75 Å². The predicted octanol–water partition coefficient (Wildman–Crippen LogP) is 3.74. The Morgan fingerprint density at radius 2 is 1.95 bits per heavy atom. The molecule has 0 aliphatic heterocycles. The molecule has 2 aromatic rings. The first-order valence-corrected chi connectivity index (χ1v) is 7.89. The topological polar surface area (TPSA) is 39.1 Å². The molecule has 0 spiro atoms. The smallest absolute Gasteiger partial charge is 0.118 e. The van der Waals surface area contributed by atoms with Crippen molar-refractivity contribution in [1.82, 2.24) is 15.1 Å². The van der Waals surface area contributed by atoms with Gasteiger partial charge in [-0.05, 0) is 60.9 Å². The van der Waals surface area contributed by atoms with Crippen LogP contribution < -0.4 is 10.1 Å². The highest BCUT2D eigenvalue weighted by atomic mass is 79.9. The molecule has 1 aromatic carbocycles. The zero-order valence-corrected chi connectivity index (χ0v) is 14.5. The van der Waals surface area contributed by atoms with Crippen LogP contribution in [0.25, 0.3) is 0 Å². The third-order valence-corrected chi connectivity index (χ3v) is 4.16. The monoisotopic (exact) mass is 351 g/mol. The summed E-state index contributed by atoms with van der Waals surface area (Å²) in [5.74, 6) is 0.883. The van der Waals surface area contributed by atoms with Crippen molar-refractivity contribution in [3.05, 3.63) is 46.2 Å². The number of nitrogens with one attached hydrogen (secondary N) is 1. The van der Waals surface area contributed by atoms with E-state index in [4.69, 9.17) is 4.74 Å². The standard InChI is InChI=1S/C16H22BrN3O/c1-11(2)20-16(14(17)10-19-20)15(18-3)9-12-5-7-13(21-4)8-6-12/h5-8,10-11,15,18H,9H2,1-4H3. The fraction of sp³-hybridized carbons (Fsp3) is 0.438. The Bertz CT molecular complexity index is 578. The molecule has 0 bridgehead atoms. The van der Waals surface area contributed by atoms with Crippen LogP contribution >= 0.6 is 15.9 Å². The predicted molar refractivity (Wildman–Crippen MR) is 88.8 cm³/mol. The number of likely N-dealkylation sites (N-methyl/N-ethyl adjacent to an activating group) is 1. The minimum atomic E-state index is 0.206. The molecule has 5 heteroatoms. The highest BCUT2D eigenvalue weighted by Gasteiger charge is 2.20. The van der Waals surface area contributed by atoms with Crippen LogP contribution in [0.1, 0.15) is 37.2 Å². The number of methoxy groups -OCH3 is 1. The maximum absolute atomic E-state index is 5.21. The van der Waals surface area contributed by atoms with E-state index >= 15 is 0 Å². The lowest BCUT2D eigenvalue weighted by Gasteiger charge is -2.21. The lowest BCUT2D eigenvalue weighted by molar-refractivity contribution is 0.414. The Balaban J connectivity index is 2.25. The number of nitrogens with zero attached hydrogens (tertiary/aromatic N) is 2. The molecule has 0 radical (unpaired) electrons. The van der Waals surface area contributed by atoms with Crippen molar-refractivity contribution < 1.29 is 4.74 Å². The fourth-order valence-electron chi connectivity index (χ4n) is 2.42. The van der Waals surface area contributed by atoms with Crippen LogP contribution in [-0.4, -0.2) is 23.9 Å². The number of benzene rings is 1. The van der Waals surface area contributed by atoms with E-state index in [0.29, 0.717) is 6.04 Å². The number of halogens is 1. The van der Waals surface area contributed by atoms with Gasteiger partial charge in [0, 0.05) is 6.04 Å². The van der Waals surface area contributed by atoms with Gasteiger partial charge in [0.05, 0.1) is 29.5 Å². The zero-order valence-electron chi connectivity index (χ0n) is 12.9. The Kier molecular flexibility index (Phi) is 5.42. The van der Waals surface area contributed by atoms with Crippen molar-refractivity contribution >= 4 is 15.9 Å². The van der Waals surface area contributed by atoms with Crippen LogP contribution in [0.4, 0.5) is 0 Å². The first-order chi connectivity index (χ1) is 10.1. The van der Waals surface area contributed by atoms with Gasteiger partial charge >= 0.3 is 0 Å². The maximum atomic E-state index is 5.21. The van der Waals surface area contributed by atoms with Crippen LogP contribution in [0.2, 0.25) is 0 Å². The van der Waals surface area contributed by atoms with Gasteiger partial charge in [-0.15, -0.1) is 0 Å². The van der Waals surface area contributed by atoms with Crippen LogP contribution in [0.3, 0.4) is 0 Å². The molecule has 0 aliphatic rings. The highest BCUT2D eigenvalue weighted by molar-refractivity contribution is 9.10. The summed E-state index contributed by atoms with van der Waals surface area (Å²) in [4.78, 5) is 0. The van der Waals surface area contributed by atoms with E-state index in [1.165, 1.54) is 11.3 Å². The molecule has 0 fully saturated rings. The summed E-state index contributed by atoms with van der Waals surface area (Å²) >= 11 is 3.62. The molecule has 1 unspecified atom stereocenters. The van der Waals surface area contributed by atoms with Crippen molar-refractivity contribution in [2.24, 2.45) is 0 Å². The van der Waals surface area contributed by atoms with Gasteiger partial charge in [-0.25, -0.2) is 0 Å². The van der Waals surface area contributed by atoms with E-state index in [-0.39, 0.29) is 6.04 Å². The summed E-state index contributed by atoms with van der Waals surface area (Å²) in [6, 6.07) is 8.74. The quantitative estimate of drug-likeness (QED) is 0.861.